The van der Waals surface area contributed by atoms with E-state index in [0.29, 0.717) is 21.8 Å². The molecule has 0 N–H and O–H groups in total. The highest BCUT2D eigenvalue weighted by atomic mass is 79.9. The number of hydrogen-bond donors (Lipinski definition) is 0. The molecule has 0 radical (unpaired) electrons. The molecule has 140 valence electrons. The van der Waals surface area contributed by atoms with E-state index in [1.165, 1.54) is 0 Å². The van der Waals surface area contributed by atoms with Crippen LogP contribution < -0.4 is 10.2 Å². The van der Waals surface area contributed by atoms with Crippen molar-refractivity contribution in [1.29, 1.82) is 0 Å². The molecule has 0 atom stereocenters. The molecule has 0 aliphatic carbocycles. The van der Waals surface area contributed by atoms with Crippen molar-refractivity contribution in [3.8, 4) is 17.1 Å². The SMILES string of the molecule is Cc1ccc2oc(-c3ccc(Cl)cc3)c(OCc3ccc(Br)cc3)c(=O)c2c1. The lowest BCUT2D eigenvalue weighted by molar-refractivity contribution is 0.298. The van der Waals surface area contributed by atoms with Crippen molar-refractivity contribution in [3.05, 3.63) is 97.6 Å². The van der Waals surface area contributed by atoms with Gasteiger partial charge in [-0.15, -0.1) is 0 Å². The first-order chi connectivity index (χ1) is 13.5. The number of rotatable bonds is 4. The summed E-state index contributed by atoms with van der Waals surface area (Å²) in [6.45, 7) is 2.20. The molecule has 0 fully saturated rings. The molecule has 0 bridgehead atoms. The van der Waals surface area contributed by atoms with Crippen molar-refractivity contribution in [2.24, 2.45) is 0 Å². The lowest BCUT2D eigenvalue weighted by atomic mass is 10.1. The fourth-order valence-electron chi connectivity index (χ4n) is 2.95. The van der Waals surface area contributed by atoms with Crippen LogP contribution in [-0.4, -0.2) is 0 Å². The van der Waals surface area contributed by atoms with E-state index < -0.39 is 0 Å². The minimum atomic E-state index is -0.188. The lowest BCUT2D eigenvalue weighted by Crippen LogP contribution is -2.10. The molecule has 0 aliphatic rings. The molecule has 0 amide bonds. The molecule has 1 heterocycles. The summed E-state index contributed by atoms with van der Waals surface area (Å²) >= 11 is 9.43. The van der Waals surface area contributed by atoms with Crippen molar-refractivity contribution >= 4 is 38.5 Å². The van der Waals surface area contributed by atoms with E-state index in [1.54, 1.807) is 12.1 Å². The lowest BCUT2D eigenvalue weighted by Gasteiger charge is -2.12. The average molecular weight is 456 g/mol. The summed E-state index contributed by atoms with van der Waals surface area (Å²) in [5, 5.41) is 1.11. The molecular weight excluding hydrogens is 440 g/mol. The Morgan fingerprint density at radius 1 is 1.00 bits per heavy atom. The molecule has 5 heteroatoms. The number of halogens is 2. The molecular formula is C23H16BrClO3. The van der Waals surface area contributed by atoms with Crippen LogP contribution in [0, 0.1) is 6.92 Å². The average Bonchev–Trinajstić information content (AvgIpc) is 2.69. The Labute approximate surface area is 175 Å². The third kappa shape index (κ3) is 3.84. The van der Waals surface area contributed by atoms with Gasteiger partial charge in [-0.2, -0.15) is 0 Å². The Hall–Kier alpha value is -2.56. The Balaban J connectivity index is 1.84. The van der Waals surface area contributed by atoms with Crippen LogP contribution in [-0.2, 0) is 6.61 Å². The molecule has 3 aromatic carbocycles. The topological polar surface area (TPSA) is 39.4 Å². The Bertz CT molecular complexity index is 1200. The normalized spacial score (nSPS) is 11.0. The van der Waals surface area contributed by atoms with Crippen LogP contribution in [0.5, 0.6) is 5.75 Å². The Kier molecular flexibility index (Phi) is 5.25. The zero-order valence-electron chi connectivity index (χ0n) is 15.0. The van der Waals surface area contributed by atoms with Crippen molar-refractivity contribution in [3.63, 3.8) is 0 Å². The van der Waals surface area contributed by atoms with Crippen molar-refractivity contribution in [1.82, 2.24) is 0 Å². The quantitative estimate of drug-likeness (QED) is 0.341. The predicted molar refractivity (Wildman–Crippen MR) is 116 cm³/mol. The maximum Gasteiger partial charge on any atom is 0.235 e. The van der Waals surface area contributed by atoms with Gasteiger partial charge in [0.05, 0.1) is 5.39 Å². The van der Waals surface area contributed by atoms with Gasteiger partial charge in [-0.25, -0.2) is 0 Å². The van der Waals surface area contributed by atoms with Crippen LogP contribution in [0.3, 0.4) is 0 Å². The highest BCUT2D eigenvalue weighted by Gasteiger charge is 2.18. The largest absolute Gasteiger partial charge is 0.481 e. The summed E-state index contributed by atoms with van der Waals surface area (Å²) in [5.74, 6) is 0.596. The second kappa shape index (κ2) is 7.82. The van der Waals surface area contributed by atoms with Gasteiger partial charge in [-0.3, -0.25) is 4.79 Å². The Morgan fingerprint density at radius 2 is 1.71 bits per heavy atom. The smallest absolute Gasteiger partial charge is 0.235 e. The van der Waals surface area contributed by atoms with Gasteiger partial charge in [0.2, 0.25) is 11.2 Å². The van der Waals surface area contributed by atoms with Gasteiger partial charge in [-0.1, -0.05) is 51.3 Å². The van der Waals surface area contributed by atoms with E-state index in [1.807, 2.05) is 61.5 Å². The van der Waals surface area contributed by atoms with Gasteiger partial charge in [0.1, 0.15) is 12.2 Å². The minimum absolute atomic E-state index is 0.188. The molecule has 0 unspecified atom stereocenters. The summed E-state index contributed by atoms with van der Waals surface area (Å²) in [5.41, 5.74) is 3.00. The van der Waals surface area contributed by atoms with Gasteiger partial charge < -0.3 is 9.15 Å². The zero-order valence-corrected chi connectivity index (χ0v) is 17.4. The van der Waals surface area contributed by atoms with Gasteiger partial charge in [0, 0.05) is 15.1 Å². The first kappa shape index (κ1) is 18.8. The number of benzene rings is 3. The van der Waals surface area contributed by atoms with Gasteiger partial charge in [0.15, 0.2) is 5.76 Å². The number of ether oxygens (including phenoxy) is 1. The molecule has 4 aromatic rings. The first-order valence-corrected chi connectivity index (χ1v) is 9.89. The first-order valence-electron chi connectivity index (χ1n) is 8.72. The summed E-state index contributed by atoms with van der Waals surface area (Å²) in [6.07, 6.45) is 0. The maximum absolute atomic E-state index is 13.2. The van der Waals surface area contributed by atoms with Crippen molar-refractivity contribution < 1.29 is 9.15 Å². The summed E-state index contributed by atoms with van der Waals surface area (Å²) in [4.78, 5) is 13.2. The third-order valence-corrected chi connectivity index (χ3v) is 5.19. The van der Waals surface area contributed by atoms with E-state index in [0.717, 1.165) is 21.2 Å². The van der Waals surface area contributed by atoms with Crippen LogP contribution in [0.15, 0.2) is 80.4 Å². The number of hydrogen-bond acceptors (Lipinski definition) is 3. The molecule has 28 heavy (non-hydrogen) atoms. The van der Waals surface area contributed by atoms with E-state index in [4.69, 9.17) is 20.8 Å². The maximum atomic E-state index is 13.2. The van der Waals surface area contributed by atoms with Gasteiger partial charge in [0.25, 0.3) is 0 Å². The van der Waals surface area contributed by atoms with Crippen LogP contribution in [0.1, 0.15) is 11.1 Å². The fraction of sp³-hybridized carbons (Fsp3) is 0.0870. The third-order valence-electron chi connectivity index (χ3n) is 4.41. The van der Waals surface area contributed by atoms with E-state index in [9.17, 15) is 4.79 Å². The molecule has 0 saturated carbocycles. The van der Waals surface area contributed by atoms with E-state index >= 15 is 0 Å². The molecule has 0 spiro atoms. The second-order valence-electron chi connectivity index (χ2n) is 6.51. The Morgan fingerprint density at radius 3 is 2.43 bits per heavy atom. The van der Waals surface area contributed by atoms with Crippen LogP contribution in [0.25, 0.3) is 22.3 Å². The van der Waals surface area contributed by atoms with E-state index in [-0.39, 0.29) is 17.8 Å². The highest BCUT2D eigenvalue weighted by molar-refractivity contribution is 9.10. The number of fused-ring (bicyclic) bond motifs is 1. The van der Waals surface area contributed by atoms with Crippen LogP contribution >= 0.6 is 27.5 Å². The molecule has 3 nitrogen and oxygen atoms in total. The van der Waals surface area contributed by atoms with Crippen molar-refractivity contribution in [2.45, 2.75) is 13.5 Å². The molecule has 1 aromatic heterocycles. The summed E-state index contributed by atoms with van der Waals surface area (Å²) in [7, 11) is 0. The van der Waals surface area contributed by atoms with E-state index in [2.05, 4.69) is 15.9 Å². The van der Waals surface area contributed by atoms with Gasteiger partial charge in [-0.05, 0) is 61.0 Å². The predicted octanol–water partition coefficient (Wildman–Crippen LogP) is 6.76. The van der Waals surface area contributed by atoms with Crippen LogP contribution in [0.2, 0.25) is 5.02 Å². The van der Waals surface area contributed by atoms with Crippen LogP contribution in [0.4, 0.5) is 0 Å². The standard InChI is InChI=1S/C23H16BrClO3/c1-14-2-11-20-19(12-14)21(26)23(27-13-15-3-7-17(24)8-4-15)22(28-20)16-5-9-18(25)10-6-16/h2-12H,13H2,1H3. The summed E-state index contributed by atoms with van der Waals surface area (Å²) < 4.78 is 13.0. The molecule has 0 saturated heterocycles. The monoisotopic (exact) mass is 454 g/mol. The fourth-order valence-corrected chi connectivity index (χ4v) is 3.34. The zero-order chi connectivity index (χ0) is 19.7. The summed E-state index contributed by atoms with van der Waals surface area (Å²) in [6, 6.07) is 20.4. The van der Waals surface area contributed by atoms with Crippen molar-refractivity contribution in [2.75, 3.05) is 0 Å². The minimum Gasteiger partial charge on any atom is -0.481 e. The van der Waals surface area contributed by atoms with Gasteiger partial charge >= 0.3 is 0 Å². The second-order valence-corrected chi connectivity index (χ2v) is 7.86. The highest BCUT2D eigenvalue weighted by Crippen LogP contribution is 2.32. The molecule has 4 rings (SSSR count). The molecule has 0 aliphatic heterocycles. The number of aryl methyl sites for hydroxylation is 1.